The number of benzene rings is 1. The third-order valence-electron chi connectivity index (χ3n) is 1.35. The lowest BCUT2D eigenvalue weighted by molar-refractivity contribution is -0.115. The second-order valence-corrected chi connectivity index (χ2v) is 2.83. The summed E-state index contributed by atoms with van der Waals surface area (Å²) in [5.74, 6) is -0.329. The topological polar surface area (TPSA) is 52.9 Å². The Morgan fingerprint density at radius 2 is 2.38 bits per heavy atom. The van der Waals surface area contributed by atoms with Gasteiger partial charge in [-0.1, -0.05) is 17.7 Å². The van der Waals surface area contributed by atoms with Gasteiger partial charge in [0, 0.05) is 10.7 Å². The van der Waals surface area contributed by atoms with E-state index >= 15 is 0 Å². The van der Waals surface area contributed by atoms with Crippen LogP contribution < -0.4 is 5.32 Å². The van der Waals surface area contributed by atoms with Crippen LogP contribution in [0.25, 0.3) is 0 Å². The van der Waals surface area contributed by atoms with Crippen molar-refractivity contribution in [2.45, 2.75) is 6.42 Å². The summed E-state index contributed by atoms with van der Waals surface area (Å²) in [5, 5.41) is 11.3. The zero-order chi connectivity index (χ0) is 9.68. The summed E-state index contributed by atoms with van der Waals surface area (Å²) < 4.78 is 0. The summed E-state index contributed by atoms with van der Waals surface area (Å²) in [6.45, 7) is 0. The predicted octanol–water partition coefficient (Wildman–Crippen LogP) is 2.19. The van der Waals surface area contributed by atoms with Gasteiger partial charge < -0.3 is 5.32 Å². The minimum Gasteiger partial charge on any atom is -0.325 e. The molecule has 0 fully saturated rings. The zero-order valence-electron chi connectivity index (χ0n) is 6.75. The maximum atomic E-state index is 10.9. The summed E-state index contributed by atoms with van der Waals surface area (Å²) in [4.78, 5) is 10.9. The van der Waals surface area contributed by atoms with E-state index in [9.17, 15) is 4.79 Å². The number of amides is 1. The Morgan fingerprint density at radius 1 is 1.62 bits per heavy atom. The third-order valence-corrected chi connectivity index (χ3v) is 1.58. The molecule has 1 amide bonds. The normalized spacial score (nSPS) is 8.92. The van der Waals surface area contributed by atoms with Crippen molar-refractivity contribution in [3.05, 3.63) is 29.3 Å². The molecule has 0 spiro atoms. The number of carbonyl (C=O) groups is 1. The molecule has 0 aliphatic heterocycles. The van der Waals surface area contributed by atoms with Gasteiger partial charge in [-0.15, -0.1) is 0 Å². The van der Waals surface area contributed by atoms with Crippen LogP contribution in [0.1, 0.15) is 6.42 Å². The van der Waals surface area contributed by atoms with Crippen LogP contribution in [0.2, 0.25) is 5.02 Å². The van der Waals surface area contributed by atoms with E-state index in [4.69, 9.17) is 16.9 Å². The van der Waals surface area contributed by atoms with Crippen LogP contribution in [0.3, 0.4) is 0 Å². The predicted molar refractivity (Wildman–Crippen MR) is 50.3 cm³/mol. The fraction of sp³-hybridized carbons (Fsp3) is 0.111. The highest BCUT2D eigenvalue weighted by atomic mass is 35.5. The quantitative estimate of drug-likeness (QED) is 0.785. The van der Waals surface area contributed by atoms with Crippen LogP contribution >= 0.6 is 11.6 Å². The Balaban J connectivity index is 2.65. The first-order valence-electron chi connectivity index (χ1n) is 3.65. The number of nitrogens with one attached hydrogen (secondary N) is 1. The molecule has 66 valence electrons. The molecule has 0 saturated heterocycles. The molecule has 1 aromatic carbocycles. The van der Waals surface area contributed by atoms with Gasteiger partial charge in [0.2, 0.25) is 5.91 Å². The summed E-state index contributed by atoms with van der Waals surface area (Å²) in [6.07, 6.45) is -0.146. The number of anilines is 1. The highest BCUT2D eigenvalue weighted by Gasteiger charge is 2.00. The summed E-state index contributed by atoms with van der Waals surface area (Å²) in [5.41, 5.74) is 0.604. The van der Waals surface area contributed by atoms with Gasteiger partial charge >= 0.3 is 0 Å². The molecule has 13 heavy (non-hydrogen) atoms. The first-order valence-corrected chi connectivity index (χ1v) is 4.02. The molecule has 0 aliphatic carbocycles. The first-order chi connectivity index (χ1) is 6.22. The van der Waals surface area contributed by atoms with Crippen molar-refractivity contribution in [3.63, 3.8) is 0 Å². The van der Waals surface area contributed by atoms with Crippen LogP contribution in [0.4, 0.5) is 5.69 Å². The number of hydrogen-bond donors (Lipinski definition) is 1. The van der Waals surface area contributed by atoms with Gasteiger partial charge in [-0.25, -0.2) is 0 Å². The molecule has 0 bridgehead atoms. The Hall–Kier alpha value is -1.53. The van der Waals surface area contributed by atoms with Gasteiger partial charge in [-0.3, -0.25) is 4.79 Å². The standard InChI is InChI=1S/C9H7ClN2O/c10-7-2-1-3-8(6-7)12-9(13)4-5-11/h1-3,6H,4H2,(H,12,13). The van der Waals surface area contributed by atoms with Crippen molar-refractivity contribution in [1.82, 2.24) is 0 Å². The molecular formula is C9H7ClN2O. The van der Waals surface area contributed by atoms with E-state index in [1.54, 1.807) is 30.3 Å². The van der Waals surface area contributed by atoms with Crippen molar-refractivity contribution in [2.75, 3.05) is 5.32 Å². The number of hydrogen-bond acceptors (Lipinski definition) is 2. The largest absolute Gasteiger partial charge is 0.325 e. The van der Waals surface area contributed by atoms with Crippen LogP contribution in [-0.2, 0) is 4.79 Å². The average Bonchev–Trinajstić information content (AvgIpc) is 2.04. The molecule has 0 atom stereocenters. The molecule has 4 heteroatoms. The number of rotatable bonds is 2. The highest BCUT2D eigenvalue weighted by Crippen LogP contribution is 2.14. The number of carbonyl (C=O) groups excluding carboxylic acids is 1. The van der Waals surface area contributed by atoms with Gasteiger partial charge in [-0.2, -0.15) is 5.26 Å². The van der Waals surface area contributed by atoms with E-state index < -0.39 is 0 Å². The van der Waals surface area contributed by atoms with Gasteiger partial charge in [0.25, 0.3) is 0 Å². The maximum absolute atomic E-state index is 10.9. The molecule has 0 heterocycles. The number of halogens is 1. The van der Waals surface area contributed by atoms with E-state index in [-0.39, 0.29) is 12.3 Å². The molecule has 0 radical (unpaired) electrons. The Bertz CT molecular complexity index is 357. The molecule has 1 rings (SSSR count). The summed E-state index contributed by atoms with van der Waals surface area (Å²) in [6, 6.07) is 8.52. The lowest BCUT2D eigenvalue weighted by atomic mass is 10.3. The van der Waals surface area contributed by atoms with Crippen molar-refractivity contribution < 1.29 is 4.79 Å². The molecule has 3 nitrogen and oxygen atoms in total. The molecule has 0 unspecified atom stereocenters. The molecule has 1 N–H and O–H groups in total. The fourth-order valence-electron chi connectivity index (χ4n) is 0.843. The van der Waals surface area contributed by atoms with Crippen LogP contribution in [-0.4, -0.2) is 5.91 Å². The number of nitrogens with zero attached hydrogens (tertiary/aromatic N) is 1. The van der Waals surface area contributed by atoms with Gasteiger partial charge in [0.1, 0.15) is 6.42 Å². The minimum atomic E-state index is -0.329. The fourth-order valence-corrected chi connectivity index (χ4v) is 1.03. The first kappa shape index (κ1) is 9.56. The Labute approximate surface area is 80.9 Å². The number of nitriles is 1. The smallest absolute Gasteiger partial charge is 0.238 e. The average molecular weight is 195 g/mol. The third kappa shape index (κ3) is 3.14. The Kier molecular flexibility index (Phi) is 3.30. The van der Waals surface area contributed by atoms with Crippen molar-refractivity contribution in [1.29, 1.82) is 5.26 Å². The van der Waals surface area contributed by atoms with Crippen LogP contribution in [0, 0.1) is 11.3 Å². The van der Waals surface area contributed by atoms with Crippen molar-refractivity contribution >= 4 is 23.2 Å². The van der Waals surface area contributed by atoms with Crippen molar-refractivity contribution in [3.8, 4) is 6.07 Å². The van der Waals surface area contributed by atoms with Gasteiger partial charge in [0.15, 0.2) is 0 Å². The van der Waals surface area contributed by atoms with Gasteiger partial charge in [0.05, 0.1) is 6.07 Å². The van der Waals surface area contributed by atoms with E-state index in [0.29, 0.717) is 10.7 Å². The second kappa shape index (κ2) is 4.48. The Morgan fingerprint density at radius 3 is 3.00 bits per heavy atom. The lowest BCUT2D eigenvalue weighted by Crippen LogP contribution is -2.09. The van der Waals surface area contributed by atoms with E-state index in [1.807, 2.05) is 0 Å². The summed E-state index contributed by atoms with van der Waals surface area (Å²) >= 11 is 5.69. The monoisotopic (exact) mass is 194 g/mol. The maximum Gasteiger partial charge on any atom is 0.238 e. The zero-order valence-corrected chi connectivity index (χ0v) is 7.51. The van der Waals surface area contributed by atoms with E-state index in [1.165, 1.54) is 0 Å². The van der Waals surface area contributed by atoms with Crippen LogP contribution in [0.15, 0.2) is 24.3 Å². The van der Waals surface area contributed by atoms with Gasteiger partial charge in [-0.05, 0) is 18.2 Å². The molecule has 0 aliphatic rings. The summed E-state index contributed by atoms with van der Waals surface area (Å²) in [7, 11) is 0. The molecular weight excluding hydrogens is 188 g/mol. The van der Waals surface area contributed by atoms with E-state index in [2.05, 4.69) is 5.32 Å². The second-order valence-electron chi connectivity index (χ2n) is 2.39. The van der Waals surface area contributed by atoms with Crippen LogP contribution in [0.5, 0.6) is 0 Å². The molecule has 1 aromatic rings. The minimum absolute atomic E-state index is 0.146. The molecule has 0 saturated carbocycles. The SMILES string of the molecule is N#CCC(=O)Nc1cccc(Cl)c1. The molecule has 0 aromatic heterocycles. The van der Waals surface area contributed by atoms with E-state index in [0.717, 1.165) is 0 Å². The highest BCUT2D eigenvalue weighted by molar-refractivity contribution is 6.30. The van der Waals surface area contributed by atoms with Crippen molar-refractivity contribution in [2.24, 2.45) is 0 Å². The lowest BCUT2D eigenvalue weighted by Gasteiger charge is -2.01.